The first kappa shape index (κ1) is 12.2. The zero-order chi connectivity index (χ0) is 13.7. The van der Waals surface area contributed by atoms with Crippen LogP contribution >= 0.6 is 0 Å². The second-order valence-corrected chi connectivity index (χ2v) is 5.78. The average molecular weight is 260 g/mol. The van der Waals surface area contributed by atoms with Gasteiger partial charge in [-0.15, -0.1) is 0 Å². The van der Waals surface area contributed by atoms with Crippen LogP contribution in [-0.4, -0.2) is 24.1 Å². The van der Waals surface area contributed by atoms with Crippen molar-refractivity contribution in [3.63, 3.8) is 0 Å². The fourth-order valence-electron chi connectivity index (χ4n) is 3.18. The van der Waals surface area contributed by atoms with E-state index in [1.165, 1.54) is 0 Å². The maximum Gasteiger partial charge on any atom is 0.324 e. The normalized spacial score (nSPS) is 31.8. The topological polar surface area (TPSA) is 52.6 Å². The molecule has 3 rings (SSSR count). The summed E-state index contributed by atoms with van der Waals surface area (Å²) < 4.78 is 10.6. The molecule has 4 heteroatoms. The molecule has 1 aromatic carbocycles. The lowest BCUT2D eigenvalue weighted by Gasteiger charge is -2.24. The van der Waals surface area contributed by atoms with Crippen molar-refractivity contribution in [2.45, 2.75) is 25.9 Å². The van der Waals surface area contributed by atoms with Crippen LogP contribution in [0.5, 0.6) is 0 Å². The smallest absolute Gasteiger partial charge is 0.324 e. The van der Waals surface area contributed by atoms with Crippen molar-refractivity contribution in [2.24, 2.45) is 11.3 Å². The third-order valence-electron chi connectivity index (χ3n) is 4.23. The highest BCUT2D eigenvalue weighted by molar-refractivity contribution is 6.04. The van der Waals surface area contributed by atoms with Crippen LogP contribution in [0.3, 0.4) is 0 Å². The molecule has 2 aliphatic rings. The molecule has 2 aliphatic heterocycles. The average Bonchev–Trinajstić information content (AvgIpc) is 2.78. The van der Waals surface area contributed by atoms with Gasteiger partial charge in [0.15, 0.2) is 5.41 Å². The summed E-state index contributed by atoms with van der Waals surface area (Å²) in [5, 5.41) is 0. The Kier molecular flexibility index (Phi) is 2.46. The monoisotopic (exact) mass is 260 g/mol. The first-order chi connectivity index (χ1) is 8.97. The van der Waals surface area contributed by atoms with Gasteiger partial charge in [0.2, 0.25) is 0 Å². The zero-order valence-corrected chi connectivity index (χ0v) is 11.0. The molecule has 19 heavy (non-hydrogen) atoms. The summed E-state index contributed by atoms with van der Waals surface area (Å²) in [7, 11) is 0. The van der Waals surface area contributed by atoms with Crippen LogP contribution in [0.25, 0.3) is 0 Å². The highest BCUT2D eigenvalue weighted by Gasteiger charge is 2.69. The highest BCUT2D eigenvalue weighted by Crippen LogP contribution is 2.52. The van der Waals surface area contributed by atoms with Crippen molar-refractivity contribution >= 4 is 11.9 Å². The number of rotatable bonds is 2. The molecule has 0 N–H and O–H groups in total. The van der Waals surface area contributed by atoms with E-state index in [4.69, 9.17) is 9.47 Å². The Balaban J connectivity index is 2.04. The Hall–Kier alpha value is -1.84. The number of benzene rings is 1. The minimum atomic E-state index is -1.16. The summed E-state index contributed by atoms with van der Waals surface area (Å²) in [5.41, 5.74) is -0.871. The molecule has 0 aliphatic carbocycles. The van der Waals surface area contributed by atoms with Crippen LogP contribution in [0.1, 0.15) is 19.4 Å². The molecule has 0 amide bonds. The Morgan fingerprint density at radius 2 is 1.84 bits per heavy atom. The molecule has 0 bridgehead atoms. The fourth-order valence-corrected chi connectivity index (χ4v) is 3.18. The van der Waals surface area contributed by atoms with Gasteiger partial charge in [-0.2, -0.15) is 0 Å². The Morgan fingerprint density at radius 1 is 1.16 bits per heavy atom. The largest absolute Gasteiger partial charge is 0.464 e. The predicted octanol–water partition coefficient (Wildman–Crippen LogP) is 1.72. The molecule has 0 radical (unpaired) electrons. The second-order valence-electron chi connectivity index (χ2n) is 5.78. The Morgan fingerprint density at radius 3 is 2.53 bits per heavy atom. The van der Waals surface area contributed by atoms with Gasteiger partial charge >= 0.3 is 11.9 Å². The predicted molar refractivity (Wildman–Crippen MR) is 67.2 cm³/mol. The number of hydrogen-bond donors (Lipinski definition) is 0. The highest BCUT2D eigenvalue weighted by atomic mass is 16.6. The number of hydrogen-bond acceptors (Lipinski definition) is 4. The molecular weight excluding hydrogens is 244 g/mol. The van der Waals surface area contributed by atoms with Crippen LogP contribution in [0.2, 0.25) is 0 Å². The molecule has 2 heterocycles. The molecule has 1 aromatic rings. The number of carbonyl (C=O) groups is 2. The molecule has 0 aromatic heterocycles. The van der Waals surface area contributed by atoms with Gasteiger partial charge in [0.1, 0.15) is 5.60 Å². The molecule has 4 nitrogen and oxygen atoms in total. The quantitative estimate of drug-likeness (QED) is 0.600. The first-order valence-electron chi connectivity index (χ1n) is 6.41. The van der Waals surface area contributed by atoms with Crippen molar-refractivity contribution in [3.8, 4) is 0 Å². The molecule has 2 saturated heterocycles. The van der Waals surface area contributed by atoms with Crippen LogP contribution in [0, 0.1) is 11.3 Å². The number of carbonyl (C=O) groups excluding carboxylic acids is 2. The van der Waals surface area contributed by atoms with Crippen LogP contribution < -0.4 is 0 Å². The number of ether oxygens (including phenoxy) is 2. The lowest BCUT2D eigenvalue weighted by Crippen LogP contribution is -2.41. The van der Waals surface area contributed by atoms with E-state index < -0.39 is 23.0 Å². The molecule has 100 valence electrons. The molecule has 2 fully saturated rings. The van der Waals surface area contributed by atoms with Gasteiger partial charge in [-0.25, -0.2) is 0 Å². The summed E-state index contributed by atoms with van der Waals surface area (Å²) in [6.45, 7) is 3.93. The molecule has 0 spiro atoms. The second kappa shape index (κ2) is 3.83. The van der Waals surface area contributed by atoms with E-state index in [1.54, 1.807) is 0 Å². The van der Waals surface area contributed by atoms with Crippen molar-refractivity contribution in [2.75, 3.05) is 6.61 Å². The lowest BCUT2D eigenvalue weighted by atomic mass is 9.69. The van der Waals surface area contributed by atoms with Gasteiger partial charge in [0.05, 0.1) is 12.5 Å². The summed E-state index contributed by atoms with van der Waals surface area (Å²) in [5.74, 6) is -1.12. The van der Waals surface area contributed by atoms with Gasteiger partial charge in [-0.1, -0.05) is 30.3 Å². The van der Waals surface area contributed by atoms with E-state index in [0.29, 0.717) is 6.42 Å². The van der Waals surface area contributed by atoms with Gasteiger partial charge in [0.25, 0.3) is 0 Å². The maximum atomic E-state index is 12.3. The SMILES string of the molecule is CC1(C)OC(=O)[C@]2(Cc3ccccc3)C(=O)OC[C@H]12. The minimum absolute atomic E-state index is 0.222. The fraction of sp³-hybridized carbons (Fsp3) is 0.467. The van der Waals surface area contributed by atoms with Crippen molar-refractivity contribution in [1.29, 1.82) is 0 Å². The minimum Gasteiger partial charge on any atom is -0.464 e. The number of esters is 2. The maximum absolute atomic E-state index is 12.3. The van der Waals surface area contributed by atoms with Crippen molar-refractivity contribution < 1.29 is 19.1 Å². The van der Waals surface area contributed by atoms with Crippen LogP contribution in [0.4, 0.5) is 0 Å². The van der Waals surface area contributed by atoms with Gasteiger partial charge < -0.3 is 9.47 Å². The summed E-state index contributed by atoms with van der Waals surface area (Å²) >= 11 is 0. The van der Waals surface area contributed by atoms with E-state index >= 15 is 0 Å². The summed E-state index contributed by atoms with van der Waals surface area (Å²) in [4.78, 5) is 24.4. The van der Waals surface area contributed by atoms with E-state index in [1.807, 2.05) is 44.2 Å². The molecule has 0 unspecified atom stereocenters. The van der Waals surface area contributed by atoms with Crippen LogP contribution in [-0.2, 0) is 25.5 Å². The van der Waals surface area contributed by atoms with Gasteiger partial charge in [0, 0.05) is 0 Å². The zero-order valence-electron chi connectivity index (χ0n) is 11.0. The van der Waals surface area contributed by atoms with E-state index in [9.17, 15) is 9.59 Å². The molecule has 0 saturated carbocycles. The molecular formula is C15H16O4. The third-order valence-corrected chi connectivity index (χ3v) is 4.23. The Labute approximate surface area is 111 Å². The first-order valence-corrected chi connectivity index (χ1v) is 6.41. The Bertz CT molecular complexity index is 534. The standard InChI is InChI=1S/C15H16O4/c1-14(2)11-9-18-12(16)15(11,13(17)19-14)8-10-6-4-3-5-7-10/h3-7,11H,8-9H2,1-2H3/t11-,15+/m1/s1. The van der Waals surface area contributed by atoms with Crippen molar-refractivity contribution in [1.82, 2.24) is 0 Å². The van der Waals surface area contributed by atoms with Crippen molar-refractivity contribution in [3.05, 3.63) is 35.9 Å². The summed E-state index contributed by atoms with van der Waals surface area (Å²) in [6.07, 6.45) is 0.347. The summed E-state index contributed by atoms with van der Waals surface area (Å²) in [6, 6.07) is 9.52. The van der Waals surface area contributed by atoms with E-state index in [-0.39, 0.29) is 12.5 Å². The van der Waals surface area contributed by atoms with Crippen LogP contribution in [0.15, 0.2) is 30.3 Å². The third kappa shape index (κ3) is 1.59. The van der Waals surface area contributed by atoms with E-state index in [0.717, 1.165) is 5.56 Å². The number of cyclic esters (lactones) is 2. The number of fused-ring (bicyclic) bond motifs is 1. The van der Waals surface area contributed by atoms with Gasteiger partial charge in [-0.05, 0) is 25.8 Å². The molecule has 2 atom stereocenters. The van der Waals surface area contributed by atoms with Gasteiger partial charge in [-0.3, -0.25) is 9.59 Å². The van der Waals surface area contributed by atoms with E-state index in [2.05, 4.69) is 0 Å². The lowest BCUT2D eigenvalue weighted by molar-refractivity contribution is -0.162.